The molecule has 1 saturated heterocycles. The molecule has 5 nitrogen and oxygen atoms in total. The van der Waals surface area contributed by atoms with Gasteiger partial charge in [-0.3, -0.25) is 0 Å². The number of hydrogen-bond donors (Lipinski definition) is 3. The van der Waals surface area contributed by atoms with Crippen molar-refractivity contribution in [2.75, 3.05) is 19.8 Å². The molecule has 172 valence electrons. The van der Waals surface area contributed by atoms with Crippen LogP contribution in [0.2, 0.25) is 0 Å². The van der Waals surface area contributed by atoms with Crippen LogP contribution in [0.5, 0.6) is 0 Å². The number of aliphatic hydroxyl groups is 3. The fraction of sp³-hybridized carbons (Fsp3) is 0.917. The number of allylic oxidation sites excluding steroid dienone is 1. The highest BCUT2D eigenvalue weighted by molar-refractivity contribution is 4.89. The number of unbranched alkanes of at least 4 members (excludes halogenated alkanes) is 12. The second-order valence-electron chi connectivity index (χ2n) is 8.39. The lowest BCUT2D eigenvalue weighted by atomic mass is 10.0. The Balaban J connectivity index is 1.84. The van der Waals surface area contributed by atoms with E-state index in [9.17, 15) is 10.2 Å². The summed E-state index contributed by atoms with van der Waals surface area (Å²) in [5.41, 5.74) is 0. The van der Waals surface area contributed by atoms with E-state index in [1.54, 1.807) is 0 Å². The van der Waals surface area contributed by atoms with Crippen LogP contribution in [0.1, 0.15) is 96.8 Å². The van der Waals surface area contributed by atoms with Crippen molar-refractivity contribution in [3.63, 3.8) is 0 Å². The van der Waals surface area contributed by atoms with Gasteiger partial charge in [0.25, 0.3) is 0 Å². The predicted octanol–water partition coefficient (Wildman–Crippen LogP) is 4.52. The average molecular weight is 415 g/mol. The number of aliphatic hydroxyl groups excluding tert-OH is 3. The molecule has 29 heavy (non-hydrogen) atoms. The molecule has 1 aliphatic heterocycles. The highest BCUT2D eigenvalue weighted by Gasteiger charge is 2.40. The summed E-state index contributed by atoms with van der Waals surface area (Å²) in [4.78, 5) is 0. The number of hydrogen-bond acceptors (Lipinski definition) is 5. The molecule has 0 amide bonds. The third-order valence-electron chi connectivity index (χ3n) is 5.74. The third kappa shape index (κ3) is 12.7. The number of rotatable bonds is 19. The van der Waals surface area contributed by atoms with E-state index in [2.05, 4.69) is 19.1 Å². The molecule has 1 fully saturated rings. The van der Waals surface area contributed by atoms with Gasteiger partial charge >= 0.3 is 0 Å². The van der Waals surface area contributed by atoms with Gasteiger partial charge in [-0.15, -0.1) is 0 Å². The first-order valence-corrected chi connectivity index (χ1v) is 12.1. The molecule has 1 rings (SSSR count). The quantitative estimate of drug-likeness (QED) is 0.214. The lowest BCUT2D eigenvalue weighted by Gasteiger charge is -2.20. The molecular formula is C24H46O5. The van der Waals surface area contributed by atoms with Crippen molar-refractivity contribution < 1.29 is 24.8 Å². The number of ether oxygens (including phenoxy) is 2. The van der Waals surface area contributed by atoms with Crippen LogP contribution in [-0.4, -0.2) is 59.6 Å². The lowest BCUT2D eigenvalue weighted by molar-refractivity contribution is -0.0726. The normalized spacial score (nSPS) is 23.2. The largest absolute Gasteiger partial charge is 0.394 e. The fourth-order valence-electron chi connectivity index (χ4n) is 3.83. The van der Waals surface area contributed by atoms with Crippen molar-refractivity contribution in [3.05, 3.63) is 12.2 Å². The molecule has 0 saturated carbocycles. The monoisotopic (exact) mass is 414 g/mol. The van der Waals surface area contributed by atoms with Crippen molar-refractivity contribution in [1.82, 2.24) is 0 Å². The molecule has 0 aromatic heterocycles. The zero-order valence-corrected chi connectivity index (χ0v) is 18.6. The Morgan fingerprint density at radius 3 is 2.03 bits per heavy atom. The topological polar surface area (TPSA) is 79.2 Å². The molecule has 0 radical (unpaired) electrons. The Kier molecular flexibility index (Phi) is 16.8. The van der Waals surface area contributed by atoms with Gasteiger partial charge in [0.15, 0.2) is 0 Å². The molecular weight excluding hydrogens is 368 g/mol. The fourth-order valence-corrected chi connectivity index (χ4v) is 3.83. The smallest absolute Gasteiger partial charge is 0.114 e. The summed E-state index contributed by atoms with van der Waals surface area (Å²) in [5.74, 6) is 0. The SMILES string of the molecule is CCCCCCCCCCCCCC/C=C/CCO[C@H]1CO[C@@H]([C@H](O)CO)[C@H]1O. The molecule has 0 aromatic rings. The first kappa shape index (κ1) is 26.6. The van der Waals surface area contributed by atoms with Crippen LogP contribution >= 0.6 is 0 Å². The van der Waals surface area contributed by atoms with Gasteiger partial charge in [0.05, 0.1) is 19.8 Å². The average Bonchev–Trinajstić information content (AvgIpc) is 3.10. The lowest BCUT2D eigenvalue weighted by Crippen LogP contribution is -2.41. The van der Waals surface area contributed by atoms with Crippen LogP contribution in [0.25, 0.3) is 0 Å². The van der Waals surface area contributed by atoms with Crippen molar-refractivity contribution in [2.24, 2.45) is 0 Å². The molecule has 0 aliphatic carbocycles. The van der Waals surface area contributed by atoms with Gasteiger partial charge in [-0.1, -0.05) is 89.7 Å². The van der Waals surface area contributed by atoms with Crippen LogP contribution < -0.4 is 0 Å². The zero-order chi connectivity index (χ0) is 21.2. The van der Waals surface area contributed by atoms with Crippen molar-refractivity contribution in [1.29, 1.82) is 0 Å². The summed E-state index contributed by atoms with van der Waals surface area (Å²) in [6.07, 6.45) is 19.7. The van der Waals surface area contributed by atoms with E-state index in [0.717, 1.165) is 12.8 Å². The maximum atomic E-state index is 10.0. The van der Waals surface area contributed by atoms with Gasteiger partial charge in [0, 0.05) is 0 Å². The van der Waals surface area contributed by atoms with E-state index >= 15 is 0 Å². The van der Waals surface area contributed by atoms with Crippen LogP contribution in [0.15, 0.2) is 12.2 Å². The molecule has 1 heterocycles. The van der Waals surface area contributed by atoms with Gasteiger partial charge in [0.1, 0.15) is 24.4 Å². The zero-order valence-electron chi connectivity index (χ0n) is 18.6. The Hall–Kier alpha value is -0.460. The molecule has 0 bridgehead atoms. The first-order chi connectivity index (χ1) is 14.2. The second kappa shape index (κ2) is 18.3. The minimum absolute atomic E-state index is 0.255. The summed E-state index contributed by atoms with van der Waals surface area (Å²) < 4.78 is 11.0. The van der Waals surface area contributed by atoms with E-state index < -0.39 is 31.0 Å². The molecule has 1 aliphatic rings. The van der Waals surface area contributed by atoms with Crippen molar-refractivity contribution in [3.8, 4) is 0 Å². The molecule has 4 atom stereocenters. The van der Waals surface area contributed by atoms with Crippen LogP contribution in [0.3, 0.4) is 0 Å². The standard InChI is InChI=1S/C24H46O5/c1-2-3-4-5-6-7-8-9-10-11-12-13-14-15-16-17-18-28-22-20-29-24(23(22)27)21(26)19-25/h15-16,21-27H,2-14,17-20H2,1H3/b16-15+/t21-,22+,23+,24+/m1/s1. The molecule has 0 aromatic carbocycles. The maximum absolute atomic E-state index is 10.0. The minimum Gasteiger partial charge on any atom is -0.394 e. The Morgan fingerprint density at radius 1 is 0.897 bits per heavy atom. The van der Waals surface area contributed by atoms with Gasteiger partial charge < -0.3 is 24.8 Å². The molecule has 0 unspecified atom stereocenters. The van der Waals surface area contributed by atoms with Crippen molar-refractivity contribution in [2.45, 2.75) is 121 Å². The highest BCUT2D eigenvalue weighted by Crippen LogP contribution is 2.20. The summed E-state index contributed by atoms with van der Waals surface area (Å²) in [5, 5.41) is 28.6. The molecule has 3 N–H and O–H groups in total. The summed E-state index contributed by atoms with van der Waals surface area (Å²) in [6, 6.07) is 0. The Morgan fingerprint density at radius 2 is 1.45 bits per heavy atom. The van der Waals surface area contributed by atoms with E-state index in [1.807, 2.05) is 0 Å². The van der Waals surface area contributed by atoms with Crippen molar-refractivity contribution >= 4 is 0 Å². The van der Waals surface area contributed by atoms with Gasteiger partial charge in [-0.05, 0) is 19.3 Å². The maximum Gasteiger partial charge on any atom is 0.114 e. The van der Waals surface area contributed by atoms with E-state index in [-0.39, 0.29) is 6.61 Å². The Labute approximate surface area is 178 Å². The summed E-state index contributed by atoms with van der Waals surface area (Å²) >= 11 is 0. The third-order valence-corrected chi connectivity index (χ3v) is 5.74. The molecule has 5 heteroatoms. The Bertz CT molecular complexity index is 387. The first-order valence-electron chi connectivity index (χ1n) is 12.1. The van der Waals surface area contributed by atoms with E-state index in [4.69, 9.17) is 14.6 Å². The van der Waals surface area contributed by atoms with Gasteiger partial charge in [-0.2, -0.15) is 0 Å². The van der Waals surface area contributed by atoms with Crippen LogP contribution in [0, 0.1) is 0 Å². The highest BCUT2D eigenvalue weighted by atomic mass is 16.6. The predicted molar refractivity (Wildman–Crippen MR) is 118 cm³/mol. The van der Waals surface area contributed by atoms with Gasteiger partial charge in [0.2, 0.25) is 0 Å². The summed E-state index contributed by atoms with van der Waals surface area (Å²) in [6.45, 7) is 2.64. The second-order valence-corrected chi connectivity index (χ2v) is 8.39. The van der Waals surface area contributed by atoms with E-state index in [1.165, 1.54) is 77.0 Å². The van der Waals surface area contributed by atoms with E-state index in [0.29, 0.717) is 6.61 Å². The minimum atomic E-state index is -1.06. The van der Waals surface area contributed by atoms with Crippen LogP contribution in [0.4, 0.5) is 0 Å². The van der Waals surface area contributed by atoms with Gasteiger partial charge in [-0.25, -0.2) is 0 Å². The molecule has 0 spiro atoms. The summed E-state index contributed by atoms with van der Waals surface area (Å²) in [7, 11) is 0. The van der Waals surface area contributed by atoms with Crippen LogP contribution in [-0.2, 0) is 9.47 Å².